The number of benzene rings is 2. The fourth-order valence-electron chi connectivity index (χ4n) is 2.91. The molecule has 1 unspecified atom stereocenters. The highest BCUT2D eigenvalue weighted by Gasteiger charge is 2.19. The van der Waals surface area contributed by atoms with E-state index in [1.54, 1.807) is 18.4 Å². The molecule has 0 aliphatic heterocycles. The summed E-state index contributed by atoms with van der Waals surface area (Å²) in [4.78, 5) is 13.3. The predicted octanol–water partition coefficient (Wildman–Crippen LogP) is 3.79. The van der Waals surface area contributed by atoms with Gasteiger partial charge < -0.3 is 10.1 Å². The second-order valence-corrected chi connectivity index (χ2v) is 8.64. The van der Waals surface area contributed by atoms with E-state index in [0.717, 1.165) is 38.1 Å². The van der Waals surface area contributed by atoms with E-state index in [-0.39, 0.29) is 11.2 Å². The van der Waals surface area contributed by atoms with Gasteiger partial charge in [0.25, 0.3) is 0 Å². The summed E-state index contributed by atoms with van der Waals surface area (Å²) in [6.45, 7) is 2.48. The number of thioether (sulfide) groups is 1. The van der Waals surface area contributed by atoms with Gasteiger partial charge in [-0.15, -0.1) is 10.2 Å². The highest BCUT2D eigenvalue weighted by molar-refractivity contribution is 8.00. The highest BCUT2D eigenvalue weighted by Crippen LogP contribution is 2.31. The van der Waals surface area contributed by atoms with Gasteiger partial charge in [0.2, 0.25) is 10.9 Å². The van der Waals surface area contributed by atoms with Gasteiger partial charge in [0.05, 0.1) is 22.6 Å². The number of ether oxygens (including phenoxy) is 1. The first-order valence-electron chi connectivity index (χ1n) is 8.95. The molecule has 0 aliphatic rings. The van der Waals surface area contributed by atoms with Crippen LogP contribution >= 0.6 is 23.1 Å². The molecule has 1 amide bonds. The summed E-state index contributed by atoms with van der Waals surface area (Å²) >= 11 is 3.02. The maximum absolute atomic E-state index is 12.5. The number of fused-ring (bicyclic) bond motifs is 3. The molecular formula is C20H20N4O2S2. The van der Waals surface area contributed by atoms with Crippen LogP contribution in [0.25, 0.3) is 15.2 Å². The van der Waals surface area contributed by atoms with Crippen molar-refractivity contribution < 1.29 is 9.53 Å². The first kappa shape index (κ1) is 18.8. The van der Waals surface area contributed by atoms with Gasteiger partial charge in [0.1, 0.15) is 5.75 Å². The maximum Gasteiger partial charge on any atom is 0.233 e. The van der Waals surface area contributed by atoms with Crippen LogP contribution in [0.5, 0.6) is 5.75 Å². The van der Waals surface area contributed by atoms with Crippen LogP contribution in [0.2, 0.25) is 0 Å². The molecule has 0 bridgehead atoms. The summed E-state index contributed by atoms with van der Waals surface area (Å²) in [5.74, 6) is 0.827. The Balaban J connectivity index is 1.37. The van der Waals surface area contributed by atoms with E-state index in [0.29, 0.717) is 6.54 Å². The second kappa shape index (κ2) is 8.20. The normalized spacial score (nSPS) is 12.4. The van der Waals surface area contributed by atoms with E-state index < -0.39 is 0 Å². The van der Waals surface area contributed by atoms with Crippen molar-refractivity contribution in [2.75, 3.05) is 13.7 Å². The zero-order valence-corrected chi connectivity index (χ0v) is 17.2. The lowest BCUT2D eigenvalue weighted by molar-refractivity contribution is -0.120. The van der Waals surface area contributed by atoms with Crippen molar-refractivity contribution in [1.29, 1.82) is 0 Å². The van der Waals surface area contributed by atoms with Gasteiger partial charge >= 0.3 is 0 Å². The summed E-state index contributed by atoms with van der Waals surface area (Å²) in [6, 6.07) is 16.0. The Morgan fingerprint density at radius 1 is 1.21 bits per heavy atom. The molecule has 0 fully saturated rings. The monoisotopic (exact) mass is 412 g/mol. The Morgan fingerprint density at radius 2 is 2.00 bits per heavy atom. The number of carbonyl (C=O) groups excluding carboxylic acids is 1. The maximum atomic E-state index is 12.5. The van der Waals surface area contributed by atoms with Crippen LogP contribution < -0.4 is 10.1 Å². The molecule has 0 saturated heterocycles. The number of hydrogen-bond donors (Lipinski definition) is 1. The average Bonchev–Trinajstić information content (AvgIpc) is 3.28. The fourth-order valence-corrected chi connectivity index (χ4v) is 4.82. The average molecular weight is 413 g/mol. The number of carbonyl (C=O) groups is 1. The predicted molar refractivity (Wildman–Crippen MR) is 113 cm³/mol. The van der Waals surface area contributed by atoms with Crippen LogP contribution in [-0.2, 0) is 11.2 Å². The molecule has 2 heterocycles. The van der Waals surface area contributed by atoms with Crippen LogP contribution in [0.3, 0.4) is 0 Å². The fraction of sp³-hybridized carbons (Fsp3) is 0.250. The number of amides is 1. The van der Waals surface area contributed by atoms with E-state index in [4.69, 9.17) is 4.74 Å². The number of methoxy groups -OCH3 is 1. The minimum atomic E-state index is -0.262. The van der Waals surface area contributed by atoms with Crippen molar-refractivity contribution in [2.24, 2.45) is 0 Å². The van der Waals surface area contributed by atoms with Gasteiger partial charge in [-0.3, -0.25) is 9.20 Å². The molecule has 144 valence electrons. The Hall–Kier alpha value is -2.58. The molecule has 1 atom stereocenters. The minimum absolute atomic E-state index is 0.00482. The lowest BCUT2D eigenvalue weighted by Crippen LogP contribution is -2.32. The van der Waals surface area contributed by atoms with E-state index in [1.165, 1.54) is 11.8 Å². The van der Waals surface area contributed by atoms with E-state index in [9.17, 15) is 4.79 Å². The molecule has 0 radical (unpaired) electrons. The van der Waals surface area contributed by atoms with Crippen LogP contribution in [0.15, 0.2) is 53.7 Å². The van der Waals surface area contributed by atoms with Crippen LogP contribution in [0, 0.1) is 0 Å². The zero-order chi connectivity index (χ0) is 19.5. The standard InChI is InChI=1S/C20H20N4O2S2/c1-13(18(25)21-12-11-14-7-9-15(26-2)10-8-14)27-19-22-23-20-24(19)16-5-3-4-6-17(16)28-20/h3-10,13H,11-12H2,1-2H3,(H,21,25). The summed E-state index contributed by atoms with van der Waals surface area (Å²) < 4.78 is 8.34. The molecule has 0 saturated carbocycles. The highest BCUT2D eigenvalue weighted by atomic mass is 32.2. The van der Waals surface area contributed by atoms with Crippen molar-refractivity contribution in [3.8, 4) is 5.75 Å². The number of aromatic nitrogens is 3. The van der Waals surface area contributed by atoms with Crippen molar-refractivity contribution in [3.63, 3.8) is 0 Å². The number of nitrogens with zero attached hydrogens (tertiary/aromatic N) is 3. The summed E-state index contributed by atoms with van der Waals surface area (Å²) in [6.07, 6.45) is 0.775. The number of hydrogen-bond acceptors (Lipinski definition) is 6. The van der Waals surface area contributed by atoms with E-state index in [1.807, 2.05) is 53.8 Å². The van der Waals surface area contributed by atoms with Gasteiger partial charge in [-0.2, -0.15) is 0 Å². The number of para-hydroxylation sites is 1. The summed E-state index contributed by atoms with van der Waals surface area (Å²) in [7, 11) is 1.65. The largest absolute Gasteiger partial charge is 0.497 e. The topological polar surface area (TPSA) is 68.5 Å². The van der Waals surface area contributed by atoms with Gasteiger partial charge in [-0.25, -0.2) is 0 Å². The molecule has 4 aromatic rings. The van der Waals surface area contributed by atoms with Crippen LogP contribution in [0.1, 0.15) is 12.5 Å². The van der Waals surface area contributed by atoms with Crippen molar-refractivity contribution in [1.82, 2.24) is 19.9 Å². The Bertz CT molecular complexity index is 1100. The summed E-state index contributed by atoms with van der Waals surface area (Å²) in [5.41, 5.74) is 2.23. The van der Waals surface area contributed by atoms with Crippen molar-refractivity contribution in [2.45, 2.75) is 23.8 Å². The number of nitrogens with one attached hydrogen (secondary N) is 1. The van der Waals surface area contributed by atoms with Crippen molar-refractivity contribution in [3.05, 3.63) is 54.1 Å². The number of rotatable bonds is 7. The third-order valence-corrected chi connectivity index (χ3v) is 6.49. The molecule has 28 heavy (non-hydrogen) atoms. The molecule has 0 aliphatic carbocycles. The Kier molecular flexibility index (Phi) is 5.50. The minimum Gasteiger partial charge on any atom is -0.497 e. The van der Waals surface area contributed by atoms with Crippen LogP contribution in [-0.4, -0.2) is 39.4 Å². The molecule has 4 rings (SSSR count). The Labute approximate surface area is 170 Å². The second-order valence-electron chi connectivity index (χ2n) is 6.32. The van der Waals surface area contributed by atoms with Gasteiger partial charge in [0.15, 0.2) is 5.16 Å². The molecular weight excluding hydrogens is 392 g/mol. The van der Waals surface area contributed by atoms with Crippen molar-refractivity contribution >= 4 is 44.2 Å². The zero-order valence-electron chi connectivity index (χ0n) is 15.6. The molecule has 1 N–H and O–H groups in total. The van der Waals surface area contributed by atoms with E-state index in [2.05, 4.69) is 21.6 Å². The van der Waals surface area contributed by atoms with Crippen LogP contribution in [0.4, 0.5) is 0 Å². The van der Waals surface area contributed by atoms with Gasteiger partial charge in [-0.1, -0.05) is 47.4 Å². The Morgan fingerprint density at radius 3 is 2.79 bits per heavy atom. The first-order chi connectivity index (χ1) is 13.7. The quantitative estimate of drug-likeness (QED) is 0.468. The van der Waals surface area contributed by atoms with Gasteiger partial charge in [-0.05, 0) is 43.2 Å². The lowest BCUT2D eigenvalue weighted by Gasteiger charge is -2.11. The smallest absolute Gasteiger partial charge is 0.233 e. The molecule has 2 aromatic carbocycles. The molecule has 8 heteroatoms. The SMILES string of the molecule is COc1ccc(CCNC(=O)C(C)Sc2nnc3sc4ccccc4n23)cc1. The third kappa shape index (κ3) is 3.83. The third-order valence-electron chi connectivity index (χ3n) is 4.43. The first-order valence-corrected chi connectivity index (χ1v) is 10.7. The summed E-state index contributed by atoms with van der Waals surface area (Å²) in [5, 5.41) is 12.0. The van der Waals surface area contributed by atoms with Gasteiger partial charge in [0, 0.05) is 6.54 Å². The van der Waals surface area contributed by atoms with E-state index >= 15 is 0 Å². The molecule has 2 aromatic heterocycles. The lowest BCUT2D eigenvalue weighted by atomic mass is 10.1. The molecule has 6 nitrogen and oxygen atoms in total. The number of thiazole rings is 1. The molecule has 0 spiro atoms.